The largest absolute Gasteiger partial charge is 0.293 e. The van der Waals surface area contributed by atoms with Crippen molar-refractivity contribution in [3.63, 3.8) is 0 Å². The van der Waals surface area contributed by atoms with Crippen molar-refractivity contribution in [2.24, 2.45) is 4.99 Å². The molecule has 0 radical (unpaired) electrons. The third kappa shape index (κ3) is 1.70. The Kier molecular flexibility index (Phi) is 2.86. The Bertz CT molecular complexity index is 199. The number of hydrogen-bond donors (Lipinski definition) is 0. The molecule has 1 saturated carbocycles. The standard InChI is InChI=1S/C10H17N/c1-4-8(2)9-6-5-7-10(9)11-3/h4-7H2,1-3H3/b9-8-,11-10?. The van der Waals surface area contributed by atoms with E-state index in [1.165, 1.54) is 42.5 Å². The first-order valence-electron chi connectivity index (χ1n) is 4.44. The highest BCUT2D eigenvalue weighted by atomic mass is 14.7. The molecule has 0 aromatic carbocycles. The maximum atomic E-state index is 4.30. The second-order valence-electron chi connectivity index (χ2n) is 3.14. The highest BCUT2D eigenvalue weighted by molar-refractivity contribution is 6.02. The second kappa shape index (κ2) is 3.70. The number of rotatable bonds is 1. The van der Waals surface area contributed by atoms with Crippen molar-refractivity contribution in [1.29, 1.82) is 0 Å². The van der Waals surface area contributed by atoms with E-state index in [9.17, 15) is 0 Å². The van der Waals surface area contributed by atoms with Crippen LogP contribution in [0.2, 0.25) is 0 Å². The van der Waals surface area contributed by atoms with Crippen LogP contribution in [-0.2, 0) is 0 Å². The molecule has 11 heavy (non-hydrogen) atoms. The van der Waals surface area contributed by atoms with Crippen LogP contribution in [0.3, 0.4) is 0 Å². The molecular weight excluding hydrogens is 134 g/mol. The third-order valence-electron chi connectivity index (χ3n) is 2.50. The number of aliphatic imine (C=N–C) groups is 1. The third-order valence-corrected chi connectivity index (χ3v) is 2.50. The van der Waals surface area contributed by atoms with Gasteiger partial charge in [0.05, 0.1) is 0 Å². The van der Waals surface area contributed by atoms with E-state index in [-0.39, 0.29) is 0 Å². The lowest BCUT2D eigenvalue weighted by Gasteiger charge is -2.03. The molecule has 0 aromatic rings. The Morgan fingerprint density at radius 3 is 2.73 bits per heavy atom. The van der Waals surface area contributed by atoms with E-state index in [0.717, 1.165) is 0 Å². The first-order chi connectivity index (χ1) is 5.29. The van der Waals surface area contributed by atoms with Gasteiger partial charge in [0.2, 0.25) is 0 Å². The molecule has 0 amide bonds. The van der Waals surface area contributed by atoms with E-state index in [1.807, 2.05) is 7.05 Å². The summed E-state index contributed by atoms with van der Waals surface area (Å²) in [4.78, 5) is 4.30. The SMILES string of the molecule is CC/C(C)=C1/CCCC1=NC. The first-order valence-corrected chi connectivity index (χ1v) is 4.44. The van der Waals surface area contributed by atoms with Crippen molar-refractivity contribution >= 4 is 5.71 Å². The molecule has 1 aliphatic rings. The zero-order valence-corrected chi connectivity index (χ0v) is 7.78. The Balaban J connectivity index is 2.87. The molecule has 1 nitrogen and oxygen atoms in total. The van der Waals surface area contributed by atoms with Gasteiger partial charge in [0, 0.05) is 12.8 Å². The fourth-order valence-corrected chi connectivity index (χ4v) is 1.65. The van der Waals surface area contributed by atoms with E-state index >= 15 is 0 Å². The van der Waals surface area contributed by atoms with Crippen molar-refractivity contribution in [1.82, 2.24) is 0 Å². The van der Waals surface area contributed by atoms with Gasteiger partial charge in [0.15, 0.2) is 0 Å². The summed E-state index contributed by atoms with van der Waals surface area (Å²) >= 11 is 0. The van der Waals surface area contributed by atoms with Gasteiger partial charge in [-0.2, -0.15) is 0 Å². The maximum absolute atomic E-state index is 4.30. The van der Waals surface area contributed by atoms with Crippen LogP contribution in [-0.4, -0.2) is 12.8 Å². The predicted octanol–water partition coefficient (Wildman–Crippen LogP) is 2.97. The average Bonchev–Trinajstić information content (AvgIpc) is 2.50. The Labute approximate surface area is 69.2 Å². The van der Waals surface area contributed by atoms with Crippen LogP contribution in [0.15, 0.2) is 16.1 Å². The van der Waals surface area contributed by atoms with E-state index in [4.69, 9.17) is 0 Å². The highest BCUT2D eigenvalue weighted by Crippen LogP contribution is 2.25. The molecular formula is C10H17N. The molecule has 0 saturated heterocycles. The van der Waals surface area contributed by atoms with Crippen molar-refractivity contribution in [3.8, 4) is 0 Å². The van der Waals surface area contributed by atoms with Gasteiger partial charge in [0.25, 0.3) is 0 Å². The highest BCUT2D eigenvalue weighted by Gasteiger charge is 2.15. The molecule has 0 bridgehead atoms. The topological polar surface area (TPSA) is 12.4 Å². The van der Waals surface area contributed by atoms with E-state index < -0.39 is 0 Å². The van der Waals surface area contributed by atoms with Crippen molar-refractivity contribution < 1.29 is 0 Å². The zero-order chi connectivity index (χ0) is 8.27. The smallest absolute Gasteiger partial charge is 0.0376 e. The lowest BCUT2D eigenvalue weighted by Crippen LogP contribution is -1.95. The van der Waals surface area contributed by atoms with Crippen molar-refractivity contribution in [2.45, 2.75) is 39.5 Å². The Morgan fingerprint density at radius 2 is 2.18 bits per heavy atom. The van der Waals surface area contributed by atoms with Gasteiger partial charge in [-0.1, -0.05) is 12.5 Å². The van der Waals surface area contributed by atoms with Gasteiger partial charge < -0.3 is 0 Å². The second-order valence-corrected chi connectivity index (χ2v) is 3.14. The van der Waals surface area contributed by atoms with Gasteiger partial charge in [0.1, 0.15) is 0 Å². The summed E-state index contributed by atoms with van der Waals surface area (Å²) in [5.41, 5.74) is 4.42. The van der Waals surface area contributed by atoms with Crippen molar-refractivity contribution in [2.75, 3.05) is 7.05 Å². The van der Waals surface area contributed by atoms with Gasteiger partial charge in [-0.05, 0) is 38.2 Å². The molecule has 0 atom stereocenters. The van der Waals surface area contributed by atoms with Gasteiger partial charge >= 0.3 is 0 Å². The van der Waals surface area contributed by atoms with Crippen LogP contribution in [0.25, 0.3) is 0 Å². The minimum Gasteiger partial charge on any atom is -0.293 e. The van der Waals surface area contributed by atoms with E-state index in [0.29, 0.717) is 0 Å². The molecule has 1 heteroatoms. The predicted molar refractivity (Wildman–Crippen MR) is 50.2 cm³/mol. The summed E-state index contributed by atoms with van der Waals surface area (Å²) in [5, 5.41) is 0. The number of hydrogen-bond acceptors (Lipinski definition) is 1. The summed E-state index contributed by atoms with van der Waals surface area (Å²) in [6.45, 7) is 4.44. The van der Waals surface area contributed by atoms with Gasteiger partial charge in [-0.15, -0.1) is 0 Å². The summed E-state index contributed by atoms with van der Waals surface area (Å²) in [6, 6.07) is 0. The normalized spacial score (nSPS) is 26.3. The molecule has 0 spiro atoms. The van der Waals surface area contributed by atoms with Gasteiger partial charge in [-0.3, -0.25) is 4.99 Å². The van der Waals surface area contributed by atoms with Crippen LogP contribution < -0.4 is 0 Å². The first kappa shape index (κ1) is 8.51. The van der Waals surface area contributed by atoms with Crippen LogP contribution in [0, 0.1) is 0 Å². The maximum Gasteiger partial charge on any atom is 0.0376 e. The minimum atomic E-state index is 1.17. The molecule has 1 aliphatic carbocycles. The molecule has 0 N–H and O–H groups in total. The summed E-state index contributed by atoms with van der Waals surface area (Å²) in [6.07, 6.45) is 4.93. The quantitative estimate of drug-likeness (QED) is 0.546. The minimum absolute atomic E-state index is 1.17. The van der Waals surface area contributed by atoms with Crippen LogP contribution >= 0.6 is 0 Å². The fraction of sp³-hybridized carbons (Fsp3) is 0.700. The monoisotopic (exact) mass is 151 g/mol. The van der Waals surface area contributed by atoms with E-state index in [2.05, 4.69) is 18.8 Å². The Morgan fingerprint density at radius 1 is 1.45 bits per heavy atom. The van der Waals surface area contributed by atoms with Crippen LogP contribution in [0.1, 0.15) is 39.5 Å². The molecule has 0 heterocycles. The number of allylic oxidation sites excluding steroid dienone is 2. The van der Waals surface area contributed by atoms with E-state index in [1.54, 1.807) is 0 Å². The van der Waals surface area contributed by atoms with Crippen LogP contribution in [0.5, 0.6) is 0 Å². The molecule has 1 fully saturated rings. The van der Waals surface area contributed by atoms with Crippen LogP contribution in [0.4, 0.5) is 0 Å². The molecule has 62 valence electrons. The molecule has 0 aliphatic heterocycles. The van der Waals surface area contributed by atoms with Crippen molar-refractivity contribution in [3.05, 3.63) is 11.1 Å². The summed E-state index contributed by atoms with van der Waals surface area (Å²) in [5.74, 6) is 0. The summed E-state index contributed by atoms with van der Waals surface area (Å²) in [7, 11) is 1.91. The number of nitrogens with zero attached hydrogens (tertiary/aromatic N) is 1. The molecule has 0 unspecified atom stereocenters. The lowest BCUT2D eigenvalue weighted by atomic mass is 10.1. The Hall–Kier alpha value is -0.590. The molecule has 0 aromatic heterocycles. The molecule has 1 rings (SSSR count). The summed E-state index contributed by atoms with van der Waals surface area (Å²) < 4.78 is 0. The average molecular weight is 151 g/mol. The zero-order valence-electron chi connectivity index (χ0n) is 7.78. The van der Waals surface area contributed by atoms with Gasteiger partial charge in [-0.25, -0.2) is 0 Å². The lowest BCUT2D eigenvalue weighted by molar-refractivity contribution is 0.929. The fourth-order valence-electron chi connectivity index (χ4n) is 1.65.